The van der Waals surface area contributed by atoms with Gasteiger partial charge in [0.15, 0.2) is 0 Å². The molecular formula is C16H24FN. The van der Waals surface area contributed by atoms with Crippen LogP contribution in [0.25, 0.3) is 0 Å². The van der Waals surface area contributed by atoms with E-state index in [0.717, 1.165) is 36.8 Å². The molecule has 1 aromatic rings. The normalized spacial score (nSPS) is 24.1. The smallest absolute Gasteiger partial charge is 0.126 e. The molecule has 0 heterocycles. The number of hydrogen-bond donors (Lipinski definition) is 1. The van der Waals surface area contributed by atoms with Crippen LogP contribution < -0.4 is 5.32 Å². The van der Waals surface area contributed by atoms with Crippen LogP contribution in [-0.4, -0.2) is 13.6 Å². The van der Waals surface area contributed by atoms with Crippen molar-refractivity contribution in [2.45, 2.75) is 38.5 Å². The first-order valence-corrected chi connectivity index (χ1v) is 7.17. The van der Waals surface area contributed by atoms with Crippen molar-refractivity contribution in [3.05, 3.63) is 35.6 Å². The van der Waals surface area contributed by atoms with E-state index in [1.807, 2.05) is 19.2 Å². The van der Waals surface area contributed by atoms with Gasteiger partial charge in [-0.25, -0.2) is 4.39 Å². The predicted molar refractivity (Wildman–Crippen MR) is 74.1 cm³/mol. The highest BCUT2D eigenvalue weighted by Crippen LogP contribution is 2.31. The first-order valence-electron chi connectivity index (χ1n) is 7.17. The Labute approximate surface area is 110 Å². The van der Waals surface area contributed by atoms with E-state index in [0.29, 0.717) is 0 Å². The van der Waals surface area contributed by atoms with Gasteiger partial charge >= 0.3 is 0 Å². The van der Waals surface area contributed by atoms with Crippen LogP contribution in [0.3, 0.4) is 0 Å². The van der Waals surface area contributed by atoms with Gasteiger partial charge in [0.2, 0.25) is 0 Å². The summed E-state index contributed by atoms with van der Waals surface area (Å²) in [5.74, 6) is 1.62. The summed E-state index contributed by atoms with van der Waals surface area (Å²) in [7, 11) is 2.03. The minimum atomic E-state index is -0.0404. The van der Waals surface area contributed by atoms with E-state index in [1.165, 1.54) is 25.7 Å². The molecule has 2 rings (SSSR count). The van der Waals surface area contributed by atoms with Gasteiger partial charge in [-0.3, -0.25) is 0 Å². The largest absolute Gasteiger partial charge is 0.319 e. The maximum absolute atomic E-state index is 13.5. The highest BCUT2D eigenvalue weighted by molar-refractivity contribution is 5.17. The van der Waals surface area contributed by atoms with Gasteiger partial charge in [-0.2, -0.15) is 0 Å². The van der Waals surface area contributed by atoms with Crippen molar-refractivity contribution in [1.29, 1.82) is 0 Å². The van der Waals surface area contributed by atoms with Crippen LogP contribution in [0.15, 0.2) is 24.3 Å². The van der Waals surface area contributed by atoms with Crippen molar-refractivity contribution >= 4 is 0 Å². The Bertz CT molecular complexity index is 356. The molecule has 0 saturated heterocycles. The molecule has 0 spiro atoms. The van der Waals surface area contributed by atoms with E-state index in [9.17, 15) is 4.39 Å². The SMILES string of the molecule is CNCC1CCC(CCc2ccccc2F)CC1. The Hall–Kier alpha value is -0.890. The zero-order valence-corrected chi connectivity index (χ0v) is 11.3. The van der Waals surface area contributed by atoms with Crippen LogP contribution in [0.2, 0.25) is 0 Å². The number of nitrogens with one attached hydrogen (secondary N) is 1. The summed E-state index contributed by atoms with van der Waals surface area (Å²) in [6, 6.07) is 7.19. The Kier molecular flexibility index (Phi) is 5.18. The minimum absolute atomic E-state index is 0.0404. The van der Waals surface area contributed by atoms with Gasteiger partial charge in [-0.1, -0.05) is 31.0 Å². The Balaban J connectivity index is 1.74. The lowest BCUT2D eigenvalue weighted by atomic mass is 9.79. The molecule has 1 nitrogen and oxygen atoms in total. The molecule has 1 aromatic carbocycles. The van der Waals surface area contributed by atoms with E-state index in [2.05, 4.69) is 5.32 Å². The van der Waals surface area contributed by atoms with Gasteiger partial charge < -0.3 is 5.32 Å². The number of rotatable bonds is 5. The second kappa shape index (κ2) is 6.89. The zero-order valence-electron chi connectivity index (χ0n) is 11.3. The predicted octanol–water partition coefficient (Wildman–Crippen LogP) is 3.78. The number of aryl methyl sites for hydroxylation is 1. The summed E-state index contributed by atoms with van der Waals surface area (Å²) >= 11 is 0. The van der Waals surface area contributed by atoms with Gasteiger partial charge in [-0.05, 0) is 62.7 Å². The lowest BCUT2D eigenvalue weighted by Crippen LogP contribution is -2.24. The molecule has 18 heavy (non-hydrogen) atoms. The molecule has 1 aliphatic rings. The Morgan fingerprint density at radius 3 is 2.44 bits per heavy atom. The molecule has 2 heteroatoms. The molecule has 100 valence electrons. The standard InChI is InChI=1S/C16H24FN/c1-18-12-14-8-6-13(7-9-14)10-11-15-4-2-3-5-16(15)17/h2-5,13-14,18H,6-12H2,1H3. The number of benzene rings is 1. The molecule has 1 saturated carbocycles. The van der Waals surface area contributed by atoms with E-state index in [1.54, 1.807) is 12.1 Å². The van der Waals surface area contributed by atoms with E-state index in [4.69, 9.17) is 0 Å². The van der Waals surface area contributed by atoms with Crippen LogP contribution in [0.5, 0.6) is 0 Å². The lowest BCUT2D eigenvalue weighted by molar-refractivity contribution is 0.260. The van der Waals surface area contributed by atoms with Gasteiger partial charge in [0, 0.05) is 0 Å². The van der Waals surface area contributed by atoms with Crippen LogP contribution >= 0.6 is 0 Å². The first-order chi connectivity index (χ1) is 8.79. The third-order valence-electron chi connectivity index (χ3n) is 4.24. The second-order valence-corrected chi connectivity index (χ2v) is 5.57. The molecule has 1 aliphatic carbocycles. The summed E-state index contributed by atoms with van der Waals surface area (Å²) < 4.78 is 13.5. The molecule has 0 unspecified atom stereocenters. The van der Waals surface area contributed by atoms with E-state index < -0.39 is 0 Å². The van der Waals surface area contributed by atoms with Crippen molar-refractivity contribution in [3.63, 3.8) is 0 Å². The summed E-state index contributed by atoms with van der Waals surface area (Å²) in [4.78, 5) is 0. The monoisotopic (exact) mass is 249 g/mol. The molecule has 1 fully saturated rings. The lowest BCUT2D eigenvalue weighted by Gasteiger charge is -2.28. The average Bonchev–Trinajstić information content (AvgIpc) is 2.40. The third-order valence-corrected chi connectivity index (χ3v) is 4.24. The fraction of sp³-hybridized carbons (Fsp3) is 0.625. The van der Waals surface area contributed by atoms with E-state index >= 15 is 0 Å². The fourth-order valence-electron chi connectivity index (χ4n) is 3.07. The van der Waals surface area contributed by atoms with Crippen molar-refractivity contribution in [2.24, 2.45) is 11.8 Å². The van der Waals surface area contributed by atoms with Crippen molar-refractivity contribution in [1.82, 2.24) is 5.32 Å². The zero-order chi connectivity index (χ0) is 12.8. The fourth-order valence-corrected chi connectivity index (χ4v) is 3.07. The molecule has 0 radical (unpaired) electrons. The molecule has 0 amide bonds. The summed E-state index contributed by atoms with van der Waals surface area (Å²) in [6.45, 7) is 1.15. The molecular weight excluding hydrogens is 225 g/mol. The quantitative estimate of drug-likeness (QED) is 0.837. The highest BCUT2D eigenvalue weighted by Gasteiger charge is 2.20. The third kappa shape index (κ3) is 3.81. The second-order valence-electron chi connectivity index (χ2n) is 5.57. The maximum Gasteiger partial charge on any atom is 0.126 e. The summed E-state index contributed by atoms with van der Waals surface area (Å²) in [5.41, 5.74) is 0.884. The first kappa shape index (κ1) is 13.5. The van der Waals surface area contributed by atoms with Crippen molar-refractivity contribution in [2.75, 3.05) is 13.6 Å². The molecule has 0 aromatic heterocycles. The molecule has 0 aliphatic heterocycles. The van der Waals surface area contributed by atoms with Gasteiger partial charge in [0.1, 0.15) is 5.82 Å². The molecule has 0 bridgehead atoms. The molecule has 1 N–H and O–H groups in total. The van der Waals surface area contributed by atoms with Crippen LogP contribution in [-0.2, 0) is 6.42 Å². The van der Waals surface area contributed by atoms with Gasteiger partial charge in [0.25, 0.3) is 0 Å². The topological polar surface area (TPSA) is 12.0 Å². The number of halogens is 1. The average molecular weight is 249 g/mol. The van der Waals surface area contributed by atoms with Crippen LogP contribution in [0, 0.1) is 17.7 Å². The highest BCUT2D eigenvalue weighted by atomic mass is 19.1. The summed E-state index contributed by atoms with van der Waals surface area (Å²) in [6.07, 6.45) is 7.36. The Morgan fingerprint density at radius 1 is 1.11 bits per heavy atom. The van der Waals surface area contributed by atoms with Gasteiger partial charge in [-0.15, -0.1) is 0 Å². The summed E-state index contributed by atoms with van der Waals surface area (Å²) in [5, 5.41) is 3.27. The van der Waals surface area contributed by atoms with Crippen molar-refractivity contribution < 1.29 is 4.39 Å². The van der Waals surface area contributed by atoms with Crippen LogP contribution in [0.1, 0.15) is 37.7 Å². The molecule has 0 atom stereocenters. The number of hydrogen-bond acceptors (Lipinski definition) is 1. The van der Waals surface area contributed by atoms with E-state index in [-0.39, 0.29) is 5.82 Å². The maximum atomic E-state index is 13.5. The Morgan fingerprint density at radius 2 is 1.78 bits per heavy atom. The minimum Gasteiger partial charge on any atom is -0.319 e. The van der Waals surface area contributed by atoms with Gasteiger partial charge in [0.05, 0.1) is 0 Å². The van der Waals surface area contributed by atoms with Crippen molar-refractivity contribution in [3.8, 4) is 0 Å². The van der Waals surface area contributed by atoms with Crippen LogP contribution in [0.4, 0.5) is 4.39 Å².